The quantitative estimate of drug-likeness (QED) is 0.834. The van der Waals surface area contributed by atoms with Gasteiger partial charge in [0.1, 0.15) is 5.82 Å². The Morgan fingerprint density at radius 3 is 2.62 bits per heavy atom. The van der Waals surface area contributed by atoms with Crippen LogP contribution < -0.4 is 10.6 Å². The van der Waals surface area contributed by atoms with Gasteiger partial charge in [-0.05, 0) is 38.3 Å². The standard InChI is InChI=1S/C9H10FNO.C6H13N.C2H6/c1-7-3-2-4-8(9(7)10)5-11-6-12;1-2-6-4-3-5-7-6;1-2/h2-4,6H,5H2,1H3,(H,11,12);6-7H,2-5H2,1H3;1-2H3. The van der Waals surface area contributed by atoms with Crippen molar-refractivity contribution in [2.24, 2.45) is 0 Å². The number of carbonyl (C=O) groups excluding carboxylic acids is 1. The SMILES string of the molecule is CC.CCC1CCCN1.Cc1cccc(CNC=O)c1F. The second kappa shape index (κ2) is 12.3. The minimum atomic E-state index is -0.244. The molecule has 0 spiro atoms. The van der Waals surface area contributed by atoms with Crippen LogP contribution in [0.2, 0.25) is 0 Å². The van der Waals surface area contributed by atoms with Crippen molar-refractivity contribution >= 4 is 6.41 Å². The van der Waals surface area contributed by atoms with Crippen LogP contribution in [0.15, 0.2) is 18.2 Å². The van der Waals surface area contributed by atoms with E-state index in [1.54, 1.807) is 25.1 Å². The molecular formula is C17H29FN2O. The molecule has 2 rings (SSSR count). The van der Waals surface area contributed by atoms with Gasteiger partial charge in [0, 0.05) is 18.2 Å². The Hall–Kier alpha value is -1.42. The zero-order chi connectivity index (χ0) is 16.1. The van der Waals surface area contributed by atoms with E-state index in [1.165, 1.54) is 25.8 Å². The topological polar surface area (TPSA) is 41.1 Å². The minimum absolute atomic E-state index is 0.244. The number of rotatable bonds is 4. The van der Waals surface area contributed by atoms with E-state index in [4.69, 9.17) is 0 Å². The van der Waals surface area contributed by atoms with Gasteiger partial charge in [0.2, 0.25) is 6.41 Å². The van der Waals surface area contributed by atoms with Crippen LogP contribution in [0.5, 0.6) is 0 Å². The summed E-state index contributed by atoms with van der Waals surface area (Å²) in [6.07, 6.45) is 4.65. The number of carbonyl (C=O) groups is 1. The molecule has 2 N–H and O–H groups in total. The Kier molecular flexibility index (Phi) is 11.5. The zero-order valence-electron chi connectivity index (χ0n) is 13.7. The fraction of sp³-hybridized carbons (Fsp3) is 0.588. The molecule has 1 fully saturated rings. The van der Waals surface area contributed by atoms with E-state index in [9.17, 15) is 9.18 Å². The fourth-order valence-electron chi connectivity index (χ4n) is 2.10. The van der Waals surface area contributed by atoms with Crippen molar-refractivity contribution in [3.05, 3.63) is 35.1 Å². The first-order valence-corrected chi connectivity index (χ1v) is 7.83. The summed E-state index contributed by atoms with van der Waals surface area (Å²) in [7, 11) is 0. The summed E-state index contributed by atoms with van der Waals surface area (Å²) >= 11 is 0. The Bertz CT molecular complexity index is 390. The molecule has 1 amide bonds. The van der Waals surface area contributed by atoms with Crippen molar-refractivity contribution in [3.63, 3.8) is 0 Å². The summed E-state index contributed by atoms with van der Waals surface area (Å²) in [5.41, 5.74) is 1.11. The van der Waals surface area contributed by atoms with E-state index in [-0.39, 0.29) is 12.4 Å². The van der Waals surface area contributed by atoms with Crippen LogP contribution in [0.4, 0.5) is 4.39 Å². The maximum Gasteiger partial charge on any atom is 0.207 e. The van der Waals surface area contributed by atoms with Gasteiger partial charge in [-0.3, -0.25) is 4.79 Å². The summed E-state index contributed by atoms with van der Waals surface area (Å²) in [6, 6.07) is 5.96. The van der Waals surface area contributed by atoms with E-state index < -0.39 is 0 Å². The average molecular weight is 296 g/mol. The van der Waals surface area contributed by atoms with Crippen molar-refractivity contribution in [1.82, 2.24) is 10.6 Å². The van der Waals surface area contributed by atoms with E-state index in [0.717, 1.165) is 6.04 Å². The van der Waals surface area contributed by atoms with Gasteiger partial charge in [-0.25, -0.2) is 4.39 Å². The number of hydrogen-bond donors (Lipinski definition) is 2. The first-order chi connectivity index (χ1) is 10.2. The van der Waals surface area contributed by atoms with Gasteiger partial charge in [-0.2, -0.15) is 0 Å². The highest BCUT2D eigenvalue weighted by Gasteiger charge is 2.09. The van der Waals surface area contributed by atoms with Crippen molar-refractivity contribution in [2.45, 2.75) is 59.5 Å². The summed E-state index contributed by atoms with van der Waals surface area (Å²) in [5.74, 6) is -0.244. The lowest BCUT2D eigenvalue weighted by Gasteiger charge is -2.03. The number of nitrogens with one attached hydrogen (secondary N) is 2. The van der Waals surface area contributed by atoms with E-state index in [0.29, 0.717) is 17.5 Å². The molecule has 1 unspecified atom stereocenters. The van der Waals surface area contributed by atoms with Crippen LogP contribution in [-0.4, -0.2) is 19.0 Å². The molecule has 1 aliphatic heterocycles. The molecule has 1 heterocycles. The number of halogens is 1. The molecule has 0 bridgehead atoms. The van der Waals surface area contributed by atoms with Gasteiger partial charge in [0.05, 0.1) is 0 Å². The van der Waals surface area contributed by atoms with Gasteiger partial charge in [0.25, 0.3) is 0 Å². The number of aryl methyl sites for hydroxylation is 1. The third kappa shape index (κ3) is 7.81. The molecule has 0 aliphatic carbocycles. The summed E-state index contributed by atoms with van der Waals surface area (Å²) < 4.78 is 13.2. The Balaban J connectivity index is 0.000000377. The van der Waals surface area contributed by atoms with Crippen LogP contribution in [0.3, 0.4) is 0 Å². The predicted molar refractivity (Wildman–Crippen MR) is 86.7 cm³/mol. The second-order valence-electron chi connectivity index (χ2n) is 4.75. The number of hydrogen-bond acceptors (Lipinski definition) is 2. The Morgan fingerprint density at radius 1 is 1.43 bits per heavy atom. The summed E-state index contributed by atoms with van der Waals surface area (Å²) in [4.78, 5) is 9.94. The second-order valence-corrected chi connectivity index (χ2v) is 4.75. The lowest BCUT2D eigenvalue weighted by atomic mass is 10.1. The van der Waals surface area contributed by atoms with E-state index in [1.807, 2.05) is 13.8 Å². The fourth-order valence-corrected chi connectivity index (χ4v) is 2.10. The third-order valence-electron chi connectivity index (χ3n) is 3.30. The van der Waals surface area contributed by atoms with E-state index >= 15 is 0 Å². The smallest absolute Gasteiger partial charge is 0.207 e. The van der Waals surface area contributed by atoms with Crippen molar-refractivity contribution in [2.75, 3.05) is 6.54 Å². The number of benzene rings is 1. The molecule has 0 radical (unpaired) electrons. The number of amides is 1. The average Bonchev–Trinajstić information content (AvgIpc) is 3.05. The highest BCUT2D eigenvalue weighted by Crippen LogP contribution is 2.10. The molecule has 1 atom stereocenters. The molecule has 1 aromatic carbocycles. The van der Waals surface area contributed by atoms with Gasteiger partial charge in [0.15, 0.2) is 0 Å². The third-order valence-corrected chi connectivity index (χ3v) is 3.30. The molecule has 21 heavy (non-hydrogen) atoms. The first-order valence-electron chi connectivity index (χ1n) is 7.83. The molecule has 0 saturated carbocycles. The van der Waals surface area contributed by atoms with Crippen molar-refractivity contribution in [3.8, 4) is 0 Å². The highest BCUT2D eigenvalue weighted by molar-refractivity contribution is 5.46. The lowest BCUT2D eigenvalue weighted by Crippen LogP contribution is -2.19. The Morgan fingerprint density at radius 2 is 2.14 bits per heavy atom. The van der Waals surface area contributed by atoms with Crippen LogP contribution in [0.1, 0.15) is 51.2 Å². The van der Waals surface area contributed by atoms with Gasteiger partial charge >= 0.3 is 0 Å². The molecule has 1 aromatic rings. The largest absolute Gasteiger partial charge is 0.354 e. The minimum Gasteiger partial charge on any atom is -0.354 e. The van der Waals surface area contributed by atoms with Crippen LogP contribution in [0.25, 0.3) is 0 Å². The summed E-state index contributed by atoms with van der Waals surface area (Å²) in [6.45, 7) is 9.43. The van der Waals surface area contributed by atoms with Crippen LogP contribution in [0, 0.1) is 12.7 Å². The molecule has 4 heteroatoms. The van der Waals surface area contributed by atoms with Crippen LogP contribution in [-0.2, 0) is 11.3 Å². The zero-order valence-corrected chi connectivity index (χ0v) is 13.7. The van der Waals surface area contributed by atoms with E-state index in [2.05, 4.69) is 17.6 Å². The predicted octanol–water partition coefficient (Wildman–Crippen LogP) is 3.55. The lowest BCUT2D eigenvalue weighted by molar-refractivity contribution is -0.109. The first kappa shape index (κ1) is 19.6. The van der Waals surface area contributed by atoms with Crippen molar-refractivity contribution in [1.29, 1.82) is 0 Å². The molecule has 120 valence electrons. The molecule has 3 nitrogen and oxygen atoms in total. The highest BCUT2D eigenvalue weighted by atomic mass is 19.1. The molecule has 1 saturated heterocycles. The summed E-state index contributed by atoms with van der Waals surface area (Å²) in [5, 5.41) is 5.82. The maximum absolute atomic E-state index is 13.2. The monoisotopic (exact) mass is 296 g/mol. The molecule has 0 aromatic heterocycles. The molecule has 1 aliphatic rings. The van der Waals surface area contributed by atoms with Gasteiger partial charge in [-0.15, -0.1) is 0 Å². The maximum atomic E-state index is 13.2. The van der Waals surface area contributed by atoms with Gasteiger partial charge in [-0.1, -0.05) is 39.0 Å². The normalized spacial score (nSPS) is 16.1. The van der Waals surface area contributed by atoms with Crippen LogP contribution >= 0.6 is 0 Å². The Labute approximate surface area is 128 Å². The van der Waals surface area contributed by atoms with Gasteiger partial charge < -0.3 is 10.6 Å². The van der Waals surface area contributed by atoms with Crippen molar-refractivity contribution < 1.29 is 9.18 Å². The molecular weight excluding hydrogens is 267 g/mol.